The smallest absolute Gasteiger partial charge is 0 e. The molecule has 0 nitrogen and oxygen atoms in total. The van der Waals surface area contributed by atoms with E-state index in [1.165, 1.54) is 103 Å². The van der Waals surface area contributed by atoms with Crippen molar-refractivity contribution in [3.05, 3.63) is 0 Å². The SMILES string of the molecule is CCCCCCCCCCCCCCCCCC.[Zn]. The molecule has 0 saturated carbocycles. The average Bonchev–Trinajstić information content (AvgIpc) is 2.39. The van der Waals surface area contributed by atoms with E-state index < -0.39 is 0 Å². The summed E-state index contributed by atoms with van der Waals surface area (Å²) in [5, 5.41) is 0. The van der Waals surface area contributed by atoms with Crippen LogP contribution in [0.15, 0.2) is 0 Å². The van der Waals surface area contributed by atoms with Crippen molar-refractivity contribution < 1.29 is 19.5 Å². The summed E-state index contributed by atoms with van der Waals surface area (Å²) in [5.74, 6) is 0. The largest absolute Gasteiger partial charge is 0.0654 e. The van der Waals surface area contributed by atoms with Gasteiger partial charge in [0.25, 0.3) is 0 Å². The fourth-order valence-corrected chi connectivity index (χ4v) is 2.62. The van der Waals surface area contributed by atoms with E-state index in [0.717, 1.165) is 0 Å². The van der Waals surface area contributed by atoms with Crippen LogP contribution < -0.4 is 0 Å². The number of hydrogen-bond donors (Lipinski definition) is 0. The molecule has 0 fully saturated rings. The molecule has 112 valence electrons. The van der Waals surface area contributed by atoms with Gasteiger partial charge in [-0.15, -0.1) is 0 Å². The van der Waals surface area contributed by atoms with E-state index in [1.54, 1.807) is 0 Å². The van der Waals surface area contributed by atoms with Crippen molar-refractivity contribution in [2.75, 3.05) is 0 Å². The van der Waals surface area contributed by atoms with Gasteiger partial charge in [-0.05, 0) is 0 Å². The quantitative estimate of drug-likeness (QED) is 0.220. The van der Waals surface area contributed by atoms with Crippen LogP contribution in [-0.4, -0.2) is 0 Å². The van der Waals surface area contributed by atoms with Gasteiger partial charge in [-0.25, -0.2) is 0 Å². The topological polar surface area (TPSA) is 0 Å². The molecule has 0 radical (unpaired) electrons. The van der Waals surface area contributed by atoms with Crippen LogP contribution in [0.4, 0.5) is 0 Å². The first-order valence-corrected chi connectivity index (χ1v) is 8.91. The Labute approximate surface area is 136 Å². The summed E-state index contributed by atoms with van der Waals surface area (Å²) in [6, 6.07) is 0. The first-order valence-electron chi connectivity index (χ1n) is 8.91. The maximum atomic E-state index is 2.29. The van der Waals surface area contributed by atoms with E-state index in [9.17, 15) is 0 Å². The second-order valence-corrected chi connectivity index (χ2v) is 5.95. The second-order valence-electron chi connectivity index (χ2n) is 5.95. The normalized spacial score (nSPS) is 10.4. The van der Waals surface area contributed by atoms with E-state index in [2.05, 4.69) is 13.8 Å². The molecule has 0 aliphatic heterocycles. The van der Waals surface area contributed by atoms with Gasteiger partial charge < -0.3 is 0 Å². The van der Waals surface area contributed by atoms with Crippen molar-refractivity contribution in [3.63, 3.8) is 0 Å². The monoisotopic (exact) mass is 318 g/mol. The average molecular weight is 320 g/mol. The van der Waals surface area contributed by atoms with Gasteiger partial charge in [-0.3, -0.25) is 0 Å². The molecule has 0 aliphatic rings. The van der Waals surface area contributed by atoms with E-state index in [1.807, 2.05) is 0 Å². The van der Waals surface area contributed by atoms with Crippen LogP contribution in [0.25, 0.3) is 0 Å². The van der Waals surface area contributed by atoms with E-state index in [0.29, 0.717) is 0 Å². The van der Waals surface area contributed by atoms with E-state index >= 15 is 0 Å². The molecule has 0 amide bonds. The summed E-state index contributed by atoms with van der Waals surface area (Å²) in [6.07, 6.45) is 23.4. The Morgan fingerprint density at radius 1 is 0.316 bits per heavy atom. The summed E-state index contributed by atoms with van der Waals surface area (Å²) in [4.78, 5) is 0. The molecule has 0 aliphatic carbocycles. The van der Waals surface area contributed by atoms with Crippen LogP contribution in [0.2, 0.25) is 0 Å². The Morgan fingerprint density at radius 3 is 0.632 bits per heavy atom. The van der Waals surface area contributed by atoms with Crippen molar-refractivity contribution in [3.8, 4) is 0 Å². The molecule has 0 heterocycles. The Bertz CT molecular complexity index is 118. The van der Waals surface area contributed by atoms with Crippen molar-refractivity contribution >= 4 is 0 Å². The molecule has 0 aromatic carbocycles. The zero-order chi connectivity index (χ0) is 13.3. The second kappa shape index (κ2) is 20.9. The van der Waals surface area contributed by atoms with Crippen molar-refractivity contribution in [2.24, 2.45) is 0 Å². The van der Waals surface area contributed by atoms with Crippen LogP contribution in [0.3, 0.4) is 0 Å². The zero-order valence-electron chi connectivity index (χ0n) is 14.0. The predicted molar refractivity (Wildman–Crippen MR) is 85.2 cm³/mol. The van der Waals surface area contributed by atoms with Crippen LogP contribution in [0.5, 0.6) is 0 Å². The molecule has 0 rings (SSSR count). The molecule has 0 bridgehead atoms. The van der Waals surface area contributed by atoms with Gasteiger partial charge in [0, 0.05) is 19.5 Å². The molecule has 0 aromatic heterocycles. The molecule has 0 N–H and O–H groups in total. The number of hydrogen-bond acceptors (Lipinski definition) is 0. The molecule has 0 unspecified atom stereocenters. The maximum Gasteiger partial charge on any atom is 0 e. The molecule has 0 spiro atoms. The van der Waals surface area contributed by atoms with Crippen molar-refractivity contribution in [1.29, 1.82) is 0 Å². The van der Waals surface area contributed by atoms with Crippen LogP contribution in [0.1, 0.15) is 117 Å². The minimum atomic E-state index is 0. The summed E-state index contributed by atoms with van der Waals surface area (Å²) in [5.41, 5.74) is 0. The molecule has 0 atom stereocenters. The third kappa shape index (κ3) is 21.1. The minimum Gasteiger partial charge on any atom is -0.0654 e. The molecule has 0 aromatic rings. The third-order valence-electron chi connectivity index (χ3n) is 3.96. The minimum absolute atomic E-state index is 0. The van der Waals surface area contributed by atoms with Gasteiger partial charge in [0.05, 0.1) is 0 Å². The molecule has 0 saturated heterocycles. The zero-order valence-corrected chi connectivity index (χ0v) is 17.0. The summed E-state index contributed by atoms with van der Waals surface area (Å²) in [7, 11) is 0. The van der Waals surface area contributed by atoms with Gasteiger partial charge in [-0.2, -0.15) is 0 Å². The van der Waals surface area contributed by atoms with Gasteiger partial charge in [0.1, 0.15) is 0 Å². The van der Waals surface area contributed by atoms with E-state index in [-0.39, 0.29) is 19.5 Å². The van der Waals surface area contributed by atoms with Crippen LogP contribution in [-0.2, 0) is 19.5 Å². The Kier molecular flexibility index (Phi) is 24.1. The van der Waals surface area contributed by atoms with Crippen LogP contribution >= 0.6 is 0 Å². The maximum absolute atomic E-state index is 2.29. The van der Waals surface area contributed by atoms with Gasteiger partial charge in [-0.1, -0.05) is 117 Å². The molecule has 1 heteroatoms. The molecular formula is C18H38Zn. The number of unbranched alkanes of at least 4 members (excludes halogenated alkanes) is 15. The molecule has 19 heavy (non-hydrogen) atoms. The predicted octanol–water partition coefficient (Wildman–Crippen LogP) is 7.27. The summed E-state index contributed by atoms with van der Waals surface area (Å²) in [6.45, 7) is 4.59. The third-order valence-corrected chi connectivity index (χ3v) is 3.96. The fraction of sp³-hybridized carbons (Fsp3) is 1.00. The van der Waals surface area contributed by atoms with Crippen molar-refractivity contribution in [1.82, 2.24) is 0 Å². The Balaban J connectivity index is 0. The molecular weight excluding hydrogens is 282 g/mol. The first kappa shape index (κ1) is 21.9. The van der Waals surface area contributed by atoms with E-state index in [4.69, 9.17) is 0 Å². The summed E-state index contributed by atoms with van der Waals surface area (Å²) >= 11 is 0. The first-order chi connectivity index (χ1) is 8.91. The van der Waals surface area contributed by atoms with Gasteiger partial charge in [0.15, 0.2) is 0 Å². The van der Waals surface area contributed by atoms with Crippen LogP contribution in [0, 0.1) is 0 Å². The van der Waals surface area contributed by atoms with Gasteiger partial charge >= 0.3 is 0 Å². The number of rotatable bonds is 15. The Hall–Kier alpha value is 0.623. The van der Waals surface area contributed by atoms with Gasteiger partial charge in [0.2, 0.25) is 0 Å². The summed E-state index contributed by atoms with van der Waals surface area (Å²) < 4.78 is 0. The van der Waals surface area contributed by atoms with Crippen molar-refractivity contribution in [2.45, 2.75) is 117 Å². The fourth-order valence-electron chi connectivity index (χ4n) is 2.62. The standard InChI is InChI=1S/C18H38.Zn/c1-3-5-7-9-11-13-15-17-18-16-14-12-10-8-6-4-2;/h3-18H2,1-2H3;. The Morgan fingerprint density at radius 2 is 0.474 bits per heavy atom.